The van der Waals surface area contributed by atoms with Crippen molar-refractivity contribution >= 4 is 33.3 Å². The topological polar surface area (TPSA) is 79.4 Å². The number of rotatable bonds is 3. The standard InChI is InChI=1S/C21H20F3N3O3S/c22-21(23,24)15-11-17(19(25-13-15)27-8-3-1-2-4-9-27)20(28)26-16-6-5-14-7-10-31(29,30)18(14)12-16/h5-7,10-13H,1-4,8-9H2,(H,26,28). The quantitative estimate of drug-likeness (QED) is 0.744. The zero-order valence-corrected chi connectivity index (χ0v) is 17.3. The maximum Gasteiger partial charge on any atom is 0.417 e. The fraction of sp³-hybridized carbons (Fsp3) is 0.333. The zero-order chi connectivity index (χ0) is 22.2. The number of carbonyl (C=O) groups is 1. The summed E-state index contributed by atoms with van der Waals surface area (Å²) in [6, 6.07) is 5.14. The van der Waals surface area contributed by atoms with Crippen LogP contribution < -0.4 is 10.2 Å². The summed E-state index contributed by atoms with van der Waals surface area (Å²) >= 11 is 0. The number of nitrogens with zero attached hydrogens (tertiary/aromatic N) is 2. The van der Waals surface area contributed by atoms with Crippen molar-refractivity contribution in [1.82, 2.24) is 4.98 Å². The number of carbonyl (C=O) groups excluding carboxylic acids is 1. The molecule has 0 radical (unpaired) electrons. The number of amides is 1. The third-order valence-corrected chi connectivity index (χ3v) is 6.81. The highest BCUT2D eigenvalue weighted by atomic mass is 32.2. The molecular weight excluding hydrogens is 431 g/mol. The number of fused-ring (bicyclic) bond motifs is 1. The molecule has 1 aromatic heterocycles. The molecule has 0 spiro atoms. The Morgan fingerprint density at radius 2 is 1.77 bits per heavy atom. The van der Waals surface area contributed by atoms with Gasteiger partial charge in [0.25, 0.3) is 5.91 Å². The van der Waals surface area contributed by atoms with Crippen LogP contribution in [0.1, 0.15) is 47.2 Å². The molecule has 0 saturated carbocycles. The van der Waals surface area contributed by atoms with E-state index in [0.717, 1.165) is 43.4 Å². The van der Waals surface area contributed by atoms with Gasteiger partial charge in [0, 0.05) is 30.4 Å². The van der Waals surface area contributed by atoms with Gasteiger partial charge >= 0.3 is 6.18 Å². The maximum absolute atomic E-state index is 13.3. The van der Waals surface area contributed by atoms with Crippen molar-refractivity contribution in [1.29, 1.82) is 0 Å². The lowest BCUT2D eigenvalue weighted by atomic mass is 10.1. The first-order chi connectivity index (χ1) is 14.6. The van der Waals surface area contributed by atoms with E-state index < -0.39 is 27.5 Å². The van der Waals surface area contributed by atoms with Crippen LogP contribution in [0.15, 0.2) is 40.8 Å². The zero-order valence-electron chi connectivity index (χ0n) is 16.4. The Bertz CT molecular complexity index is 1150. The van der Waals surface area contributed by atoms with Crippen LogP contribution in [0.3, 0.4) is 0 Å². The van der Waals surface area contributed by atoms with E-state index in [4.69, 9.17) is 0 Å². The minimum Gasteiger partial charge on any atom is -0.356 e. The first-order valence-corrected chi connectivity index (χ1v) is 11.4. The number of aromatic nitrogens is 1. The van der Waals surface area contributed by atoms with Gasteiger partial charge < -0.3 is 10.2 Å². The van der Waals surface area contributed by atoms with E-state index >= 15 is 0 Å². The first-order valence-electron chi connectivity index (χ1n) is 9.86. The number of benzene rings is 1. The van der Waals surface area contributed by atoms with Gasteiger partial charge in [-0.3, -0.25) is 4.79 Å². The highest BCUT2D eigenvalue weighted by Crippen LogP contribution is 2.33. The van der Waals surface area contributed by atoms with E-state index in [1.165, 1.54) is 24.3 Å². The van der Waals surface area contributed by atoms with Gasteiger partial charge in [0.2, 0.25) is 9.84 Å². The van der Waals surface area contributed by atoms with E-state index in [-0.39, 0.29) is 22.0 Å². The van der Waals surface area contributed by atoms with Crippen LogP contribution in [0, 0.1) is 0 Å². The van der Waals surface area contributed by atoms with Crippen LogP contribution in [0.4, 0.5) is 24.7 Å². The second kappa shape index (κ2) is 7.99. The van der Waals surface area contributed by atoms with Gasteiger partial charge in [-0.15, -0.1) is 0 Å². The number of pyridine rings is 1. The third kappa shape index (κ3) is 4.43. The highest BCUT2D eigenvalue weighted by Gasteiger charge is 2.33. The van der Waals surface area contributed by atoms with E-state index in [0.29, 0.717) is 18.7 Å². The van der Waals surface area contributed by atoms with E-state index in [1.54, 1.807) is 0 Å². The van der Waals surface area contributed by atoms with Crippen molar-refractivity contribution in [3.05, 3.63) is 52.6 Å². The maximum atomic E-state index is 13.3. The summed E-state index contributed by atoms with van der Waals surface area (Å²) in [7, 11) is -3.59. The molecule has 2 aliphatic heterocycles. The molecule has 1 amide bonds. The predicted molar refractivity (Wildman–Crippen MR) is 111 cm³/mol. The van der Waals surface area contributed by atoms with Gasteiger partial charge in [0.15, 0.2) is 0 Å². The minimum absolute atomic E-state index is 0.0419. The van der Waals surface area contributed by atoms with E-state index in [9.17, 15) is 26.4 Å². The van der Waals surface area contributed by atoms with Crippen molar-refractivity contribution in [3.63, 3.8) is 0 Å². The molecule has 0 bridgehead atoms. The van der Waals surface area contributed by atoms with E-state index in [2.05, 4.69) is 10.3 Å². The number of halogens is 3. The summed E-state index contributed by atoms with van der Waals surface area (Å²) in [5.41, 5.74) is -0.547. The molecule has 0 unspecified atom stereocenters. The summed E-state index contributed by atoms with van der Waals surface area (Å²) < 4.78 is 64.0. The normalized spacial score (nSPS) is 17.8. The largest absolute Gasteiger partial charge is 0.417 e. The molecule has 2 aliphatic rings. The number of hydrogen-bond acceptors (Lipinski definition) is 5. The number of alkyl halides is 3. The molecule has 1 N–H and O–H groups in total. The van der Waals surface area contributed by atoms with Crippen LogP contribution in [-0.2, 0) is 16.0 Å². The van der Waals surface area contributed by atoms with Crippen molar-refractivity contribution < 1.29 is 26.4 Å². The Kier molecular flexibility index (Phi) is 5.50. The fourth-order valence-electron chi connectivity index (χ4n) is 3.74. The molecule has 3 heterocycles. The van der Waals surface area contributed by atoms with Crippen LogP contribution in [-0.4, -0.2) is 32.4 Å². The monoisotopic (exact) mass is 451 g/mol. The lowest BCUT2D eigenvalue weighted by molar-refractivity contribution is -0.137. The third-order valence-electron chi connectivity index (χ3n) is 5.35. The second-order valence-corrected chi connectivity index (χ2v) is 9.35. The van der Waals surface area contributed by atoms with E-state index in [1.807, 2.05) is 4.90 Å². The smallest absolute Gasteiger partial charge is 0.356 e. The van der Waals surface area contributed by atoms with Gasteiger partial charge in [0.1, 0.15) is 5.82 Å². The molecule has 6 nitrogen and oxygen atoms in total. The Hall–Kier alpha value is -2.88. The summed E-state index contributed by atoms with van der Waals surface area (Å²) in [6.45, 7) is 1.20. The Morgan fingerprint density at radius 1 is 1.06 bits per heavy atom. The SMILES string of the molecule is O=C(Nc1ccc2c(c1)S(=O)(=O)C=C2)c1cc(C(F)(F)F)cnc1N1CCCCCC1. The Labute approximate surface area is 177 Å². The average molecular weight is 451 g/mol. The van der Waals surface area contributed by atoms with Crippen LogP contribution in [0.2, 0.25) is 0 Å². The van der Waals surface area contributed by atoms with Crippen LogP contribution in [0.25, 0.3) is 6.08 Å². The minimum atomic E-state index is -4.65. The summed E-state index contributed by atoms with van der Waals surface area (Å²) in [5, 5.41) is 3.60. The van der Waals surface area contributed by atoms with Crippen LogP contribution in [0.5, 0.6) is 0 Å². The molecule has 164 valence electrons. The Balaban J connectivity index is 1.69. The van der Waals surface area contributed by atoms with Gasteiger partial charge in [-0.1, -0.05) is 18.9 Å². The van der Waals surface area contributed by atoms with Gasteiger partial charge in [0.05, 0.1) is 16.0 Å². The molecule has 31 heavy (non-hydrogen) atoms. The molecule has 0 atom stereocenters. The highest BCUT2D eigenvalue weighted by molar-refractivity contribution is 7.94. The molecule has 1 fully saturated rings. The molecule has 2 aromatic rings. The molecule has 0 aliphatic carbocycles. The molecule has 4 rings (SSSR count). The molecule has 1 saturated heterocycles. The van der Waals surface area contributed by atoms with Crippen LogP contribution >= 0.6 is 0 Å². The van der Waals surface area contributed by atoms with Crippen molar-refractivity contribution in [2.24, 2.45) is 0 Å². The fourth-order valence-corrected chi connectivity index (χ4v) is 4.97. The molecule has 10 heteroatoms. The van der Waals surface area contributed by atoms with Gasteiger partial charge in [-0.2, -0.15) is 13.2 Å². The first kappa shape index (κ1) is 21.4. The Morgan fingerprint density at radius 3 is 2.45 bits per heavy atom. The number of hydrogen-bond donors (Lipinski definition) is 1. The summed E-state index contributed by atoms with van der Waals surface area (Å²) in [4.78, 5) is 18.9. The van der Waals surface area contributed by atoms with Crippen molar-refractivity contribution in [3.8, 4) is 0 Å². The number of sulfone groups is 1. The molecule has 1 aromatic carbocycles. The number of anilines is 2. The second-order valence-electron chi connectivity index (χ2n) is 7.55. The van der Waals surface area contributed by atoms with Gasteiger partial charge in [-0.05, 0) is 42.7 Å². The van der Waals surface area contributed by atoms with Crippen molar-refractivity contribution in [2.75, 3.05) is 23.3 Å². The summed E-state index contributed by atoms with van der Waals surface area (Å²) in [5.74, 6) is -0.580. The average Bonchev–Trinajstić information content (AvgIpc) is 2.89. The predicted octanol–water partition coefficient (Wildman–Crippen LogP) is 4.49. The summed E-state index contributed by atoms with van der Waals surface area (Å²) in [6.07, 6.45) is 1.28. The van der Waals surface area contributed by atoms with Gasteiger partial charge in [-0.25, -0.2) is 13.4 Å². The lowest BCUT2D eigenvalue weighted by Crippen LogP contribution is -2.28. The number of nitrogens with one attached hydrogen (secondary N) is 1. The molecular formula is C21H20F3N3O3S. The lowest BCUT2D eigenvalue weighted by Gasteiger charge is -2.24. The van der Waals surface area contributed by atoms with Crippen molar-refractivity contribution in [2.45, 2.75) is 36.8 Å².